The fourth-order valence-electron chi connectivity index (χ4n) is 1.11. The van der Waals surface area contributed by atoms with Gasteiger partial charge in [-0.25, -0.2) is 0 Å². The van der Waals surface area contributed by atoms with Gasteiger partial charge in [0.05, 0.1) is 19.3 Å². The van der Waals surface area contributed by atoms with Crippen molar-refractivity contribution in [3.8, 4) is 0 Å². The van der Waals surface area contributed by atoms with E-state index in [2.05, 4.69) is 12.2 Å². The number of ether oxygens (including phenoxy) is 1. The Morgan fingerprint density at radius 3 is 2.70 bits per heavy atom. The second-order valence-corrected chi connectivity index (χ2v) is 2.82. The highest BCUT2D eigenvalue weighted by Crippen LogP contribution is 2.11. The Balaban J connectivity index is 2.33. The zero-order chi connectivity index (χ0) is 7.56. The van der Waals surface area contributed by atoms with Gasteiger partial charge in [0.15, 0.2) is 0 Å². The molecule has 1 heterocycles. The fraction of sp³-hybridized carbons (Fsp3) is 0.857. The van der Waals surface area contributed by atoms with E-state index >= 15 is 0 Å². The normalized spacial score (nSPS) is 32.2. The Bertz CT molecular complexity index is 136. The summed E-state index contributed by atoms with van der Waals surface area (Å²) in [5.41, 5.74) is 0. The van der Waals surface area contributed by atoms with Gasteiger partial charge in [-0.1, -0.05) is 6.92 Å². The van der Waals surface area contributed by atoms with Gasteiger partial charge in [-0.3, -0.25) is 4.79 Å². The van der Waals surface area contributed by atoms with Crippen LogP contribution in [0.2, 0.25) is 0 Å². The number of amides is 1. The van der Waals surface area contributed by atoms with Crippen molar-refractivity contribution in [2.24, 2.45) is 5.92 Å². The first-order valence-corrected chi connectivity index (χ1v) is 3.55. The topological polar surface area (TPSA) is 38.3 Å². The molecular weight excluding hydrogens is 130 g/mol. The number of carbonyl (C=O) groups is 1. The number of hydrogen-bond acceptors (Lipinski definition) is 2. The van der Waals surface area contributed by atoms with Gasteiger partial charge in [-0.2, -0.15) is 0 Å². The van der Waals surface area contributed by atoms with E-state index in [0.717, 1.165) is 6.61 Å². The van der Waals surface area contributed by atoms with E-state index < -0.39 is 0 Å². The Kier molecular flexibility index (Phi) is 2.27. The Hall–Kier alpha value is -0.570. The summed E-state index contributed by atoms with van der Waals surface area (Å²) in [5, 5.41) is 2.83. The van der Waals surface area contributed by atoms with Gasteiger partial charge in [-0.15, -0.1) is 0 Å². The van der Waals surface area contributed by atoms with Gasteiger partial charge in [0.25, 0.3) is 0 Å². The molecule has 0 radical (unpaired) electrons. The minimum absolute atomic E-state index is 0.0300. The van der Waals surface area contributed by atoms with E-state index in [-0.39, 0.29) is 11.9 Å². The monoisotopic (exact) mass is 143 g/mol. The van der Waals surface area contributed by atoms with Crippen LogP contribution in [0.3, 0.4) is 0 Å². The van der Waals surface area contributed by atoms with Crippen molar-refractivity contribution in [1.82, 2.24) is 5.32 Å². The molecule has 0 aromatic rings. The molecule has 0 aliphatic carbocycles. The predicted octanol–water partition coefficient (Wildman–Crippen LogP) is 0.157. The number of carbonyl (C=O) groups excluding carboxylic acids is 1. The van der Waals surface area contributed by atoms with Crippen LogP contribution < -0.4 is 5.32 Å². The average molecular weight is 143 g/mol. The zero-order valence-electron chi connectivity index (χ0n) is 6.39. The van der Waals surface area contributed by atoms with Crippen LogP contribution in [0.5, 0.6) is 0 Å². The molecular formula is C7H13NO2. The molecule has 1 fully saturated rings. The lowest BCUT2D eigenvalue weighted by molar-refractivity contribution is -0.119. The molecule has 3 nitrogen and oxygen atoms in total. The lowest BCUT2D eigenvalue weighted by Gasteiger charge is -2.12. The van der Waals surface area contributed by atoms with Crippen molar-refractivity contribution < 1.29 is 9.53 Å². The maximum atomic E-state index is 10.6. The van der Waals surface area contributed by atoms with Gasteiger partial charge >= 0.3 is 0 Å². The number of hydrogen-bond donors (Lipinski definition) is 1. The quantitative estimate of drug-likeness (QED) is 0.567. The molecule has 0 bridgehead atoms. The van der Waals surface area contributed by atoms with Crippen molar-refractivity contribution in [3.63, 3.8) is 0 Å². The molecule has 3 heteroatoms. The molecule has 1 amide bonds. The van der Waals surface area contributed by atoms with E-state index in [4.69, 9.17) is 4.74 Å². The third-order valence-electron chi connectivity index (χ3n) is 1.75. The summed E-state index contributed by atoms with van der Waals surface area (Å²) in [7, 11) is 0. The second-order valence-electron chi connectivity index (χ2n) is 2.82. The molecule has 2 atom stereocenters. The van der Waals surface area contributed by atoms with Crippen LogP contribution in [-0.2, 0) is 9.53 Å². The van der Waals surface area contributed by atoms with Crippen molar-refractivity contribution in [2.75, 3.05) is 13.2 Å². The van der Waals surface area contributed by atoms with Crippen LogP contribution >= 0.6 is 0 Å². The first-order valence-electron chi connectivity index (χ1n) is 3.55. The fourth-order valence-corrected chi connectivity index (χ4v) is 1.11. The highest BCUT2D eigenvalue weighted by atomic mass is 16.5. The minimum Gasteiger partial charge on any atom is -0.379 e. The van der Waals surface area contributed by atoms with E-state index in [0.29, 0.717) is 12.5 Å². The molecule has 2 unspecified atom stereocenters. The SMILES string of the molecule is CC(=O)NC1COCC1C. The molecule has 1 N–H and O–H groups in total. The summed E-state index contributed by atoms with van der Waals surface area (Å²) in [6, 6.07) is 0.234. The molecule has 1 aliphatic rings. The van der Waals surface area contributed by atoms with Crippen molar-refractivity contribution in [3.05, 3.63) is 0 Å². The smallest absolute Gasteiger partial charge is 0.217 e. The standard InChI is InChI=1S/C7H13NO2/c1-5-3-10-4-7(5)8-6(2)9/h5,7H,3-4H2,1-2H3,(H,8,9). The molecule has 0 aromatic carbocycles. The zero-order valence-corrected chi connectivity index (χ0v) is 6.39. The summed E-state index contributed by atoms with van der Waals surface area (Å²) < 4.78 is 5.16. The van der Waals surface area contributed by atoms with Gasteiger partial charge in [0, 0.05) is 12.8 Å². The summed E-state index contributed by atoms with van der Waals surface area (Å²) in [6.45, 7) is 5.05. The van der Waals surface area contributed by atoms with E-state index in [9.17, 15) is 4.79 Å². The maximum absolute atomic E-state index is 10.6. The van der Waals surface area contributed by atoms with Crippen LogP contribution in [0.15, 0.2) is 0 Å². The van der Waals surface area contributed by atoms with Crippen molar-refractivity contribution >= 4 is 5.91 Å². The first-order chi connectivity index (χ1) is 4.70. The van der Waals surface area contributed by atoms with Gasteiger partial charge in [-0.05, 0) is 0 Å². The summed E-state index contributed by atoms with van der Waals surface area (Å²) >= 11 is 0. The van der Waals surface area contributed by atoms with Gasteiger partial charge in [0.2, 0.25) is 5.91 Å². The lowest BCUT2D eigenvalue weighted by atomic mass is 10.1. The highest BCUT2D eigenvalue weighted by Gasteiger charge is 2.24. The molecule has 1 aliphatic heterocycles. The van der Waals surface area contributed by atoms with E-state index in [1.807, 2.05) is 0 Å². The highest BCUT2D eigenvalue weighted by molar-refractivity contribution is 5.73. The lowest BCUT2D eigenvalue weighted by Crippen LogP contribution is -2.37. The Morgan fingerprint density at radius 2 is 2.30 bits per heavy atom. The number of rotatable bonds is 1. The average Bonchev–Trinajstić information content (AvgIpc) is 2.15. The molecule has 0 spiro atoms. The summed E-state index contributed by atoms with van der Waals surface area (Å²) in [4.78, 5) is 10.6. The van der Waals surface area contributed by atoms with Crippen LogP contribution in [0.4, 0.5) is 0 Å². The van der Waals surface area contributed by atoms with Crippen LogP contribution in [0.1, 0.15) is 13.8 Å². The Labute approximate surface area is 60.7 Å². The van der Waals surface area contributed by atoms with E-state index in [1.54, 1.807) is 0 Å². The van der Waals surface area contributed by atoms with Gasteiger partial charge in [0.1, 0.15) is 0 Å². The molecule has 0 aromatic heterocycles. The van der Waals surface area contributed by atoms with Crippen LogP contribution in [-0.4, -0.2) is 25.2 Å². The van der Waals surface area contributed by atoms with Crippen LogP contribution in [0, 0.1) is 5.92 Å². The molecule has 1 saturated heterocycles. The molecule has 10 heavy (non-hydrogen) atoms. The molecule has 0 saturated carbocycles. The summed E-state index contributed by atoms with van der Waals surface area (Å²) in [5.74, 6) is 0.492. The second kappa shape index (κ2) is 3.01. The largest absolute Gasteiger partial charge is 0.379 e. The van der Waals surface area contributed by atoms with Crippen molar-refractivity contribution in [1.29, 1.82) is 0 Å². The minimum atomic E-state index is 0.0300. The maximum Gasteiger partial charge on any atom is 0.217 e. The molecule has 1 rings (SSSR count). The van der Waals surface area contributed by atoms with Gasteiger partial charge < -0.3 is 10.1 Å². The summed E-state index contributed by atoms with van der Waals surface area (Å²) in [6.07, 6.45) is 0. The van der Waals surface area contributed by atoms with E-state index in [1.165, 1.54) is 6.92 Å². The first kappa shape index (κ1) is 7.54. The van der Waals surface area contributed by atoms with Crippen LogP contribution in [0.25, 0.3) is 0 Å². The predicted molar refractivity (Wildman–Crippen MR) is 37.6 cm³/mol. The third-order valence-corrected chi connectivity index (χ3v) is 1.75. The third kappa shape index (κ3) is 1.70. The Morgan fingerprint density at radius 1 is 1.60 bits per heavy atom. The number of nitrogens with one attached hydrogen (secondary N) is 1. The molecule has 58 valence electrons. The van der Waals surface area contributed by atoms with Crippen molar-refractivity contribution in [2.45, 2.75) is 19.9 Å².